The van der Waals surface area contributed by atoms with Crippen molar-refractivity contribution in [3.8, 4) is 22.8 Å². The van der Waals surface area contributed by atoms with E-state index in [1.54, 1.807) is 0 Å². The molecule has 0 saturated carbocycles. The van der Waals surface area contributed by atoms with Crippen LogP contribution in [0.5, 0.6) is 5.88 Å². The van der Waals surface area contributed by atoms with Crippen LogP contribution in [0.4, 0.5) is 29.2 Å². The van der Waals surface area contributed by atoms with Gasteiger partial charge < -0.3 is 15.2 Å². The fourth-order valence-electron chi connectivity index (χ4n) is 3.49. The molecular formula is C24H19ClF4N6O5S. The summed E-state index contributed by atoms with van der Waals surface area (Å²) in [5.74, 6) is -3.19. The first-order valence-corrected chi connectivity index (χ1v) is 13.8. The molecular weight excluding hydrogens is 596 g/mol. The monoisotopic (exact) mass is 614 g/mol. The van der Waals surface area contributed by atoms with Crippen LogP contribution in [0.25, 0.3) is 16.9 Å². The van der Waals surface area contributed by atoms with Gasteiger partial charge in [-0.1, -0.05) is 11.6 Å². The SMILES string of the molecule is Cc1cc(C(F)(F)F)nn1-c1nc(Nc2ccc(F)c(Cl)c2)ncc1-c1cnc(OCCS(C)(=O)=O)c(C(=O)O)c1. The highest BCUT2D eigenvalue weighted by Gasteiger charge is 2.35. The van der Waals surface area contributed by atoms with Crippen molar-refractivity contribution in [1.82, 2.24) is 24.7 Å². The number of hydrogen-bond donors (Lipinski definition) is 2. The normalized spacial score (nSPS) is 11.9. The Bertz CT molecular complexity index is 1750. The summed E-state index contributed by atoms with van der Waals surface area (Å²) in [6, 6.07) is 5.61. The quantitative estimate of drug-likeness (QED) is 0.254. The summed E-state index contributed by atoms with van der Waals surface area (Å²) in [5.41, 5.74) is -1.21. The second-order valence-corrected chi connectivity index (χ2v) is 11.3. The average Bonchev–Trinajstić information content (AvgIpc) is 3.28. The van der Waals surface area contributed by atoms with E-state index in [9.17, 15) is 35.9 Å². The zero-order valence-electron chi connectivity index (χ0n) is 21.1. The van der Waals surface area contributed by atoms with Crippen molar-refractivity contribution in [3.63, 3.8) is 0 Å². The summed E-state index contributed by atoms with van der Waals surface area (Å²) in [4.78, 5) is 24.4. The summed E-state index contributed by atoms with van der Waals surface area (Å²) < 4.78 is 82.8. The summed E-state index contributed by atoms with van der Waals surface area (Å²) in [6.45, 7) is 1.00. The number of aromatic nitrogens is 5. The number of anilines is 2. The maximum absolute atomic E-state index is 13.6. The van der Waals surface area contributed by atoms with Gasteiger partial charge in [0.25, 0.3) is 0 Å². The van der Waals surface area contributed by atoms with E-state index < -0.39 is 39.1 Å². The van der Waals surface area contributed by atoms with Crippen LogP contribution in [0.15, 0.2) is 42.7 Å². The Morgan fingerprint density at radius 3 is 2.51 bits per heavy atom. The van der Waals surface area contributed by atoms with E-state index in [1.165, 1.54) is 31.5 Å². The number of aryl methyl sites for hydroxylation is 1. The van der Waals surface area contributed by atoms with Crippen LogP contribution < -0.4 is 10.1 Å². The third-order valence-corrected chi connectivity index (χ3v) is 6.61. The topological polar surface area (TPSA) is 149 Å². The molecule has 0 amide bonds. The molecule has 0 spiro atoms. The van der Waals surface area contributed by atoms with Gasteiger partial charge in [-0.25, -0.2) is 32.3 Å². The van der Waals surface area contributed by atoms with Crippen LogP contribution in [0, 0.1) is 12.7 Å². The molecule has 0 bridgehead atoms. The molecule has 4 aromatic rings. The third kappa shape index (κ3) is 7.07. The molecule has 3 aromatic heterocycles. The molecule has 0 unspecified atom stereocenters. The van der Waals surface area contributed by atoms with Crippen LogP contribution in [0.2, 0.25) is 5.02 Å². The van der Waals surface area contributed by atoms with Gasteiger partial charge in [-0.3, -0.25) is 0 Å². The van der Waals surface area contributed by atoms with Crippen molar-refractivity contribution in [2.24, 2.45) is 0 Å². The molecule has 0 aliphatic heterocycles. The number of carbonyl (C=O) groups is 1. The molecule has 11 nitrogen and oxygen atoms in total. The van der Waals surface area contributed by atoms with Gasteiger partial charge in [0.1, 0.15) is 18.0 Å². The lowest BCUT2D eigenvalue weighted by Crippen LogP contribution is -2.14. The number of pyridine rings is 1. The molecule has 17 heteroatoms. The molecule has 0 fully saturated rings. The Morgan fingerprint density at radius 1 is 1.17 bits per heavy atom. The average molecular weight is 615 g/mol. The van der Waals surface area contributed by atoms with E-state index in [2.05, 4.69) is 25.4 Å². The second kappa shape index (κ2) is 11.3. The molecule has 0 atom stereocenters. The zero-order chi connectivity index (χ0) is 30.1. The number of sulfone groups is 1. The van der Waals surface area contributed by atoms with Crippen molar-refractivity contribution in [2.45, 2.75) is 13.1 Å². The first-order valence-electron chi connectivity index (χ1n) is 11.4. The fraction of sp³-hybridized carbons (Fsp3) is 0.208. The van der Waals surface area contributed by atoms with Gasteiger partial charge in [-0.05, 0) is 37.3 Å². The fourth-order valence-corrected chi connectivity index (χ4v) is 4.05. The van der Waals surface area contributed by atoms with Crippen LogP contribution in [-0.2, 0) is 16.0 Å². The minimum absolute atomic E-state index is 0.0418. The number of ether oxygens (including phenoxy) is 1. The maximum atomic E-state index is 13.6. The largest absolute Gasteiger partial charge is 0.477 e. The van der Waals surface area contributed by atoms with Crippen molar-refractivity contribution in [1.29, 1.82) is 0 Å². The highest BCUT2D eigenvalue weighted by atomic mass is 35.5. The Balaban J connectivity index is 1.82. The smallest absolute Gasteiger partial charge is 0.435 e. The molecule has 41 heavy (non-hydrogen) atoms. The molecule has 2 N–H and O–H groups in total. The molecule has 4 rings (SSSR count). The molecule has 0 aliphatic carbocycles. The number of rotatable bonds is 9. The van der Waals surface area contributed by atoms with Crippen molar-refractivity contribution < 1.29 is 40.6 Å². The highest BCUT2D eigenvalue weighted by Crippen LogP contribution is 2.33. The molecule has 216 valence electrons. The van der Waals surface area contributed by atoms with E-state index in [1.807, 2.05) is 0 Å². The van der Waals surface area contributed by atoms with Crippen LogP contribution >= 0.6 is 11.6 Å². The summed E-state index contributed by atoms with van der Waals surface area (Å²) in [7, 11) is -3.40. The highest BCUT2D eigenvalue weighted by molar-refractivity contribution is 7.90. The number of aromatic carboxylic acids is 1. The summed E-state index contributed by atoms with van der Waals surface area (Å²) in [5, 5.41) is 15.9. The standard InChI is InChI=1S/C24H19ClF4N6O5S/c1-12-7-19(24(27,28)29)34-35(12)20-16(11-31-23(33-20)32-14-3-4-18(26)17(25)9-14)13-8-15(22(36)37)21(30-10-13)40-5-6-41(2,38)39/h3-4,7-11H,5-6H2,1-2H3,(H,36,37)(H,31,32,33). The number of benzene rings is 1. The maximum Gasteiger partial charge on any atom is 0.435 e. The predicted octanol–water partition coefficient (Wildman–Crippen LogP) is 4.71. The van der Waals surface area contributed by atoms with E-state index in [4.69, 9.17) is 16.3 Å². The number of carboxylic acids is 1. The number of carboxylic acid groups (broad SMARTS) is 1. The number of nitrogens with zero attached hydrogens (tertiary/aromatic N) is 5. The van der Waals surface area contributed by atoms with Crippen LogP contribution in [0.1, 0.15) is 21.7 Å². The number of nitrogens with one attached hydrogen (secondary N) is 1. The summed E-state index contributed by atoms with van der Waals surface area (Å²) >= 11 is 5.81. The first kappa shape index (κ1) is 29.7. The van der Waals surface area contributed by atoms with Crippen molar-refractivity contribution in [3.05, 3.63) is 70.5 Å². The molecule has 3 heterocycles. The van der Waals surface area contributed by atoms with Crippen LogP contribution in [0.3, 0.4) is 0 Å². The Hall–Kier alpha value is -4.31. The minimum atomic E-state index is -4.77. The Labute approximate surface area is 234 Å². The Morgan fingerprint density at radius 2 is 1.90 bits per heavy atom. The number of alkyl halides is 3. The molecule has 0 aliphatic rings. The lowest BCUT2D eigenvalue weighted by atomic mass is 10.1. The van der Waals surface area contributed by atoms with E-state index >= 15 is 0 Å². The van der Waals surface area contributed by atoms with Crippen LogP contribution in [-0.4, -0.2) is 62.8 Å². The van der Waals surface area contributed by atoms with Gasteiger partial charge in [0.05, 0.1) is 10.8 Å². The third-order valence-electron chi connectivity index (χ3n) is 5.41. The molecule has 0 saturated heterocycles. The van der Waals surface area contributed by atoms with E-state index in [0.717, 1.165) is 29.1 Å². The lowest BCUT2D eigenvalue weighted by Gasteiger charge is -2.14. The summed E-state index contributed by atoms with van der Waals surface area (Å²) in [6.07, 6.45) is -1.41. The number of halogens is 5. The lowest BCUT2D eigenvalue weighted by molar-refractivity contribution is -0.141. The van der Waals surface area contributed by atoms with Gasteiger partial charge in [0, 0.05) is 41.2 Å². The van der Waals surface area contributed by atoms with Gasteiger partial charge in [-0.15, -0.1) is 0 Å². The number of hydrogen-bond acceptors (Lipinski definition) is 9. The van der Waals surface area contributed by atoms with Gasteiger partial charge in [0.15, 0.2) is 21.3 Å². The first-order chi connectivity index (χ1) is 19.1. The predicted molar refractivity (Wildman–Crippen MR) is 139 cm³/mol. The molecule has 1 aromatic carbocycles. The van der Waals surface area contributed by atoms with Crippen molar-refractivity contribution in [2.75, 3.05) is 23.9 Å². The minimum Gasteiger partial charge on any atom is -0.477 e. The van der Waals surface area contributed by atoms with E-state index in [0.29, 0.717) is 0 Å². The molecule has 0 radical (unpaired) electrons. The van der Waals surface area contributed by atoms with Gasteiger partial charge in [-0.2, -0.15) is 23.3 Å². The van der Waals surface area contributed by atoms with Crippen molar-refractivity contribution >= 4 is 39.0 Å². The van der Waals surface area contributed by atoms with Gasteiger partial charge >= 0.3 is 12.1 Å². The zero-order valence-corrected chi connectivity index (χ0v) is 22.6. The Kier molecular flexibility index (Phi) is 8.17. The second-order valence-electron chi connectivity index (χ2n) is 8.63. The van der Waals surface area contributed by atoms with Gasteiger partial charge in [0.2, 0.25) is 11.8 Å². The van der Waals surface area contributed by atoms with E-state index in [-0.39, 0.29) is 57.5 Å².